The van der Waals surface area contributed by atoms with E-state index in [-0.39, 0.29) is 45.4 Å². The Kier molecular flexibility index (Phi) is 7.99. The predicted molar refractivity (Wildman–Crippen MR) is 200 cm³/mol. The van der Waals surface area contributed by atoms with E-state index in [1.165, 1.54) is 6.07 Å². The van der Waals surface area contributed by atoms with Crippen molar-refractivity contribution in [1.29, 1.82) is 0 Å². The number of hydrogen-bond acceptors (Lipinski definition) is 15. The van der Waals surface area contributed by atoms with Gasteiger partial charge < -0.3 is 0 Å². The van der Waals surface area contributed by atoms with Crippen LogP contribution in [0.1, 0.15) is 0 Å². The molecule has 3 aromatic heterocycles. The van der Waals surface area contributed by atoms with Gasteiger partial charge in [0.05, 0.1) is 0 Å². The number of nitrogens with zero attached hydrogens (tertiary/aromatic N) is 6. The molecule has 0 saturated carbocycles. The SMILES string of the molecule is O=[S](=O)(O)[Co]([S](=O)(=O)O)([S](=O)(=O)O)[S](=O)(=O)Oc1cccc2c3nc4nc(nc5[nH]c(nc6nc(nc([nH]3)c12)-c1ccccc1-6)c1ccccc51)-c1ccccc1-4. The van der Waals surface area contributed by atoms with Crippen molar-refractivity contribution >= 4 is 78.5 Å². The van der Waals surface area contributed by atoms with Gasteiger partial charge in [0.25, 0.3) is 0 Å². The Morgan fingerprint density at radius 2 is 0.789 bits per heavy atom. The summed E-state index contributed by atoms with van der Waals surface area (Å²) in [5.74, 6) is -0.411. The summed E-state index contributed by atoms with van der Waals surface area (Å²) in [6, 6.07) is 24.6. The van der Waals surface area contributed by atoms with Crippen LogP contribution in [0.3, 0.4) is 0 Å². The van der Waals surface area contributed by atoms with Gasteiger partial charge >= 0.3 is 291 Å². The summed E-state index contributed by atoms with van der Waals surface area (Å²) in [7, 11) is -35.0. The molecule has 0 saturated heterocycles. The normalized spacial score (nSPS) is 13.7. The van der Waals surface area contributed by atoms with Crippen LogP contribution in [-0.2, 0) is 42.5 Å². The first-order valence-corrected chi connectivity index (χ1v) is 26.0. The molecule has 7 aromatic rings. The molecule has 0 aliphatic carbocycles. The number of rotatable bonds is 6. The third-order valence-electron chi connectivity index (χ3n) is 8.56. The molecule has 2 aliphatic heterocycles. The molecule has 5 heterocycles. The average Bonchev–Trinajstić information content (AvgIpc) is 3.85. The molecule has 5 N–H and O–H groups in total. The van der Waals surface area contributed by atoms with Gasteiger partial charge in [-0.1, -0.05) is 24.3 Å². The fourth-order valence-corrected chi connectivity index (χ4v) is 27.2. The van der Waals surface area contributed by atoms with Gasteiger partial charge in [0.15, 0.2) is 0 Å². The predicted octanol–water partition coefficient (Wildman–Crippen LogP) is 4.06. The van der Waals surface area contributed by atoms with E-state index < -0.39 is 48.3 Å². The van der Waals surface area contributed by atoms with Crippen LogP contribution in [0, 0.1) is 0 Å². The minimum atomic E-state index is -7.47. The Labute approximate surface area is 318 Å². The van der Waals surface area contributed by atoms with Crippen molar-refractivity contribution < 1.29 is 59.7 Å². The molecule has 20 nitrogen and oxygen atoms in total. The Morgan fingerprint density at radius 3 is 1.21 bits per heavy atom. The fourth-order valence-electron chi connectivity index (χ4n) is 6.39. The van der Waals surface area contributed by atoms with E-state index in [2.05, 4.69) is 19.9 Å². The Balaban J connectivity index is 1.43. The summed E-state index contributed by atoms with van der Waals surface area (Å²) in [6.07, 6.45) is 0. The van der Waals surface area contributed by atoms with E-state index >= 15 is 0 Å². The second-order valence-electron chi connectivity index (χ2n) is 11.9. The Morgan fingerprint density at radius 1 is 0.439 bits per heavy atom. The van der Waals surface area contributed by atoms with Crippen molar-refractivity contribution in [3.05, 3.63) is 91.0 Å². The van der Waals surface area contributed by atoms with Crippen LogP contribution in [0.2, 0.25) is 0 Å². The van der Waals surface area contributed by atoms with Gasteiger partial charge in [0, 0.05) is 5.39 Å². The molecule has 0 atom stereocenters. The van der Waals surface area contributed by atoms with Crippen molar-refractivity contribution in [3.63, 3.8) is 0 Å². The number of benzene rings is 4. The number of aromatic amines is 2. The number of H-pyrrole nitrogens is 2. The van der Waals surface area contributed by atoms with Crippen molar-refractivity contribution in [2.45, 2.75) is 0 Å². The number of fused-ring (bicyclic) bond motifs is 20. The van der Waals surface area contributed by atoms with E-state index in [0.717, 1.165) is 17.5 Å². The number of aromatic nitrogens is 8. The van der Waals surface area contributed by atoms with Crippen molar-refractivity contribution in [2.75, 3.05) is 0 Å². The van der Waals surface area contributed by atoms with E-state index in [4.69, 9.17) is 24.1 Å². The zero-order valence-electron chi connectivity index (χ0n) is 27.8. The van der Waals surface area contributed by atoms with Crippen molar-refractivity contribution in [3.8, 4) is 51.3 Å². The first-order valence-electron chi connectivity index (χ1n) is 15.7. The third-order valence-corrected chi connectivity index (χ3v) is 39.4. The van der Waals surface area contributed by atoms with Crippen LogP contribution in [0.15, 0.2) is 91.0 Å². The zero-order chi connectivity index (χ0) is 40.3. The molecule has 293 valence electrons. The first kappa shape index (κ1) is 36.8. The molecule has 0 radical (unpaired) electrons. The average molecular weight is 896 g/mol. The summed E-state index contributed by atoms with van der Waals surface area (Å²) in [6.45, 7) is 0. The molecule has 25 heteroatoms. The van der Waals surface area contributed by atoms with Gasteiger partial charge in [-0.15, -0.1) is 0 Å². The maximum absolute atomic E-state index is 13.7. The Bertz CT molecular complexity index is 3500. The molecule has 4 aromatic carbocycles. The molecule has 0 spiro atoms. The third kappa shape index (κ3) is 5.46. The van der Waals surface area contributed by atoms with Gasteiger partial charge in [-0.3, -0.25) is 0 Å². The molecule has 8 bridgehead atoms. The van der Waals surface area contributed by atoms with Crippen molar-refractivity contribution in [2.24, 2.45) is 0 Å². The van der Waals surface area contributed by atoms with Gasteiger partial charge in [0.2, 0.25) is 0 Å². The summed E-state index contributed by atoms with van der Waals surface area (Å²) in [4.78, 5) is 34.6. The van der Waals surface area contributed by atoms with Crippen LogP contribution in [0.25, 0.3) is 89.7 Å². The van der Waals surface area contributed by atoms with Gasteiger partial charge in [-0.25, -0.2) is 0 Å². The maximum atomic E-state index is 13.7. The molecule has 0 amide bonds. The number of nitrogens with one attached hydrogen (secondary N) is 2. The number of hydrogen-bond donors (Lipinski definition) is 5. The summed E-state index contributed by atoms with van der Waals surface area (Å²) in [5, 5.41) is 1.05. The summed E-state index contributed by atoms with van der Waals surface area (Å²) < 4.78 is 136. The molecule has 57 heavy (non-hydrogen) atoms. The standard InChI is InChI=1S/C32H17N8O3S.Co.3HO3S/c41-44(42)43-23-15-7-14-22-24(23)32-39-30-21-13-6-5-12-20(21)28(37-30)35-26-17-9-2-1-8-16(17)25(33-26)34-27-18-10-3-4-11-19(18)29(36-27)38-31(22)40-32;;3*1-4(2)3/h1-15H,(H2,33,34,35,36,37,38,39,40);;3*(H,1,2,3). The van der Waals surface area contributed by atoms with E-state index in [9.17, 15) is 47.3 Å². The zero-order valence-corrected chi connectivity index (χ0v) is 32.1. The molecule has 0 unspecified atom stereocenters. The van der Waals surface area contributed by atoms with E-state index in [1.807, 2.05) is 24.3 Å². The first-order chi connectivity index (χ1) is 26.9. The second kappa shape index (κ2) is 12.4. The van der Waals surface area contributed by atoms with Crippen LogP contribution in [0.5, 0.6) is 5.75 Å². The Hall–Kier alpha value is -5.77. The second-order valence-corrected chi connectivity index (χ2v) is 33.6. The molecule has 2 aliphatic rings. The summed E-state index contributed by atoms with van der Waals surface area (Å²) in [5.41, 5.74) is 2.54. The monoisotopic (exact) mass is 895 g/mol. The molecular formula is C32H20CoN8O12S4. The van der Waals surface area contributed by atoms with Crippen LogP contribution in [0.4, 0.5) is 0 Å². The van der Waals surface area contributed by atoms with E-state index in [1.54, 1.807) is 48.5 Å². The van der Waals surface area contributed by atoms with Crippen LogP contribution >= 0.6 is 0 Å². The quantitative estimate of drug-likeness (QED) is 0.147. The molecular weight excluding hydrogens is 876 g/mol. The van der Waals surface area contributed by atoms with E-state index in [0.29, 0.717) is 38.9 Å². The van der Waals surface area contributed by atoms with Gasteiger partial charge in [-0.2, -0.15) is 0 Å². The fraction of sp³-hybridized carbons (Fsp3) is 0. The topological polar surface area (TPSA) is 315 Å². The van der Waals surface area contributed by atoms with Crippen molar-refractivity contribution in [1.82, 2.24) is 39.9 Å². The summed E-state index contributed by atoms with van der Waals surface area (Å²) >= 11 is 0. The molecule has 9 rings (SSSR count). The van der Waals surface area contributed by atoms with Gasteiger partial charge in [-0.05, 0) is 0 Å². The van der Waals surface area contributed by atoms with Gasteiger partial charge in [0.1, 0.15) is 0 Å². The van der Waals surface area contributed by atoms with Crippen LogP contribution in [-0.4, -0.2) is 87.2 Å². The molecule has 0 fully saturated rings. The minimum absolute atomic E-state index is 0.000660. The van der Waals surface area contributed by atoms with Crippen LogP contribution < -0.4 is 4.18 Å².